The molecule has 1 aromatic rings. The van der Waals surface area contributed by atoms with E-state index < -0.39 is 5.54 Å². The Hall–Kier alpha value is -1.35. The van der Waals surface area contributed by atoms with Crippen LogP contribution in [0.3, 0.4) is 0 Å². The Labute approximate surface area is 109 Å². The third kappa shape index (κ3) is 2.41. The molecule has 0 heterocycles. The number of rotatable bonds is 3. The standard InChI is InChI=1S/C15H22N2O/c1-10-8-9-13(17-15(2,3)14(16)18)12-7-5-4-6-11(10)12/h4-7,10,13,17H,8-9H2,1-3H3,(H2,16,18). The van der Waals surface area contributed by atoms with E-state index >= 15 is 0 Å². The Morgan fingerprint density at radius 3 is 2.50 bits per heavy atom. The smallest absolute Gasteiger partial charge is 0.237 e. The number of nitrogens with one attached hydrogen (secondary N) is 1. The van der Waals surface area contributed by atoms with Gasteiger partial charge < -0.3 is 5.73 Å². The van der Waals surface area contributed by atoms with Crippen molar-refractivity contribution < 1.29 is 4.79 Å². The maximum atomic E-state index is 11.4. The third-order valence-corrected chi connectivity index (χ3v) is 3.94. The molecule has 1 aliphatic rings. The lowest BCUT2D eigenvalue weighted by atomic mass is 9.80. The molecule has 0 aliphatic heterocycles. The van der Waals surface area contributed by atoms with Crippen molar-refractivity contribution in [3.8, 4) is 0 Å². The van der Waals surface area contributed by atoms with Crippen LogP contribution < -0.4 is 11.1 Å². The fourth-order valence-electron chi connectivity index (χ4n) is 2.66. The number of primary amides is 1. The molecule has 0 spiro atoms. The van der Waals surface area contributed by atoms with Gasteiger partial charge in [-0.15, -0.1) is 0 Å². The molecule has 2 rings (SSSR count). The van der Waals surface area contributed by atoms with E-state index in [4.69, 9.17) is 5.73 Å². The van der Waals surface area contributed by atoms with Gasteiger partial charge in [-0.25, -0.2) is 0 Å². The predicted octanol–water partition coefficient (Wildman–Crippen LogP) is 2.48. The molecule has 3 N–H and O–H groups in total. The Bertz CT molecular complexity index is 454. The van der Waals surface area contributed by atoms with Crippen LogP contribution in [0.1, 0.15) is 56.7 Å². The molecule has 2 unspecified atom stereocenters. The fourth-order valence-corrected chi connectivity index (χ4v) is 2.66. The summed E-state index contributed by atoms with van der Waals surface area (Å²) in [5.41, 5.74) is 7.47. The second-order valence-electron chi connectivity index (χ2n) is 5.79. The number of fused-ring (bicyclic) bond motifs is 1. The van der Waals surface area contributed by atoms with Crippen LogP contribution in [0.15, 0.2) is 24.3 Å². The minimum atomic E-state index is -0.668. The van der Waals surface area contributed by atoms with Crippen molar-refractivity contribution in [2.75, 3.05) is 0 Å². The molecule has 3 heteroatoms. The van der Waals surface area contributed by atoms with Gasteiger partial charge in [0.15, 0.2) is 0 Å². The van der Waals surface area contributed by atoms with Gasteiger partial charge in [0.05, 0.1) is 5.54 Å². The number of carbonyl (C=O) groups is 1. The summed E-state index contributed by atoms with van der Waals surface area (Å²) < 4.78 is 0. The highest BCUT2D eigenvalue weighted by molar-refractivity contribution is 5.83. The van der Waals surface area contributed by atoms with Crippen LogP contribution in [0.4, 0.5) is 0 Å². The lowest BCUT2D eigenvalue weighted by Gasteiger charge is -2.35. The number of hydrogen-bond donors (Lipinski definition) is 2. The van der Waals surface area contributed by atoms with E-state index in [1.807, 2.05) is 13.8 Å². The number of amides is 1. The highest BCUT2D eigenvalue weighted by Crippen LogP contribution is 2.37. The average Bonchev–Trinajstić information content (AvgIpc) is 2.33. The molecule has 0 aromatic heterocycles. The molecule has 98 valence electrons. The first-order valence-electron chi connectivity index (χ1n) is 6.58. The van der Waals surface area contributed by atoms with Crippen molar-refractivity contribution in [2.24, 2.45) is 5.73 Å². The summed E-state index contributed by atoms with van der Waals surface area (Å²) in [6, 6.07) is 8.70. The van der Waals surface area contributed by atoms with E-state index in [1.165, 1.54) is 11.1 Å². The van der Waals surface area contributed by atoms with Crippen LogP contribution in [-0.2, 0) is 4.79 Å². The predicted molar refractivity (Wildman–Crippen MR) is 73.2 cm³/mol. The van der Waals surface area contributed by atoms with Gasteiger partial charge in [-0.2, -0.15) is 0 Å². The maximum Gasteiger partial charge on any atom is 0.237 e. The Balaban J connectivity index is 2.27. The van der Waals surface area contributed by atoms with Gasteiger partial charge in [-0.3, -0.25) is 10.1 Å². The second-order valence-corrected chi connectivity index (χ2v) is 5.79. The molecule has 0 radical (unpaired) electrons. The number of nitrogens with two attached hydrogens (primary N) is 1. The summed E-state index contributed by atoms with van der Waals surface area (Å²) in [4.78, 5) is 11.4. The van der Waals surface area contributed by atoms with Crippen LogP contribution in [-0.4, -0.2) is 11.4 Å². The van der Waals surface area contributed by atoms with Gasteiger partial charge in [-0.05, 0) is 43.7 Å². The molecule has 1 amide bonds. The zero-order valence-corrected chi connectivity index (χ0v) is 11.4. The van der Waals surface area contributed by atoms with Crippen molar-refractivity contribution >= 4 is 5.91 Å². The van der Waals surface area contributed by atoms with E-state index in [9.17, 15) is 4.79 Å². The second kappa shape index (κ2) is 4.73. The van der Waals surface area contributed by atoms with Crippen LogP contribution in [0.2, 0.25) is 0 Å². The molecule has 0 saturated carbocycles. The van der Waals surface area contributed by atoms with Crippen molar-refractivity contribution in [3.05, 3.63) is 35.4 Å². The number of carbonyl (C=O) groups excluding carboxylic acids is 1. The van der Waals surface area contributed by atoms with Gasteiger partial charge >= 0.3 is 0 Å². The number of benzene rings is 1. The molecule has 0 bridgehead atoms. The summed E-state index contributed by atoms with van der Waals surface area (Å²) in [5.74, 6) is 0.287. The normalized spacial score (nSPS) is 23.5. The van der Waals surface area contributed by atoms with Crippen LogP contribution in [0.5, 0.6) is 0 Å². The van der Waals surface area contributed by atoms with E-state index in [1.54, 1.807) is 0 Å². The van der Waals surface area contributed by atoms with Crippen molar-refractivity contribution in [1.29, 1.82) is 0 Å². The average molecular weight is 246 g/mol. The van der Waals surface area contributed by atoms with Crippen LogP contribution in [0.25, 0.3) is 0 Å². The van der Waals surface area contributed by atoms with Gasteiger partial charge in [0.1, 0.15) is 0 Å². The lowest BCUT2D eigenvalue weighted by molar-refractivity contribution is -0.123. The summed E-state index contributed by atoms with van der Waals surface area (Å²) in [5, 5.41) is 3.40. The Kier molecular flexibility index (Phi) is 3.44. The zero-order chi connectivity index (χ0) is 13.3. The quantitative estimate of drug-likeness (QED) is 0.861. The number of hydrogen-bond acceptors (Lipinski definition) is 2. The van der Waals surface area contributed by atoms with Gasteiger partial charge in [0.25, 0.3) is 0 Å². The van der Waals surface area contributed by atoms with Gasteiger partial charge in [0, 0.05) is 6.04 Å². The SMILES string of the molecule is CC1CCC(NC(C)(C)C(N)=O)c2ccccc21. The molecule has 1 aliphatic carbocycles. The van der Waals surface area contributed by atoms with Crippen LogP contribution in [0, 0.1) is 0 Å². The van der Waals surface area contributed by atoms with Crippen molar-refractivity contribution in [1.82, 2.24) is 5.32 Å². The largest absolute Gasteiger partial charge is 0.368 e. The van der Waals surface area contributed by atoms with Gasteiger partial charge in [-0.1, -0.05) is 31.2 Å². The molecular formula is C15H22N2O. The first kappa shape index (κ1) is 13.1. The first-order valence-corrected chi connectivity index (χ1v) is 6.58. The third-order valence-electron chi connectivity index (χ3n) is 3.94. The minimum Gasteiger partial charge on any atom is -0.368 e. The molecule has 18 heavy (non-hydrogen) atoms. The van der Waals surface area contributed by atoms with Crippen molar-refractivity contribution in [3.63, 3.8) is 0 Å². The fraction of sp³-hybridized carbons (Fsp3) is 0.533. The maximum absolute atomic E-state index is 11.4. The zero-order valence-electron chi connectivity index (χ0n) is 11.4. The highest BCUT2D eigenvalue weighted by Gasteiger charge is 2.32. The van der Waals surface area contributed by atoms with E-state index in [0.717, 1.165) is 12.8 Å². The summed E-state index contributed by atoms with van der Waals surface area (Å²) in [6.45, 7) is 5.94. The van der Waals surface area contributed by atoms with E-state index in [0.29, 0.717) is 5.92 Å². The molecule has 1 aromatic carbocycles. The molecule has 0 fully saturated rings. The lowest BCUT2D eigenvalue weighted by Crippen LogP contribution is -2.52. The minimum absolute atomic E-state index is 0.222. The molecule has 2 atom stereocenters. The summed E-state index contributed by atoms with van der Waals surface area (Å²) in [7, 11) is 0. The topological polar surface area (TPSA) is 55.1 Å². The molecule has 0 saturated heterocycles. The summed E-state index contributed by atoms with van der Waals surface area (Å²) >= 11 is 0. The Morgan fingerprint density at radius 1 is 1.28 bits per heavy atom. The molecule has 3 nitrogen and oxygen atoms in total. The van der Waals surface area contributed by atoms with Crippen LogP contribution >= 0.6 is 0 Å². The monoisotopic (exact) mass is 246 g/mol. The highest BCUT2D eigenvalue weighted by atomic mass is 16.1. The van der Waals surface area contributed by atoms with E-state index in [-0.39, 0.29) is 11.9 Å². The first-order chi connectivity index (χ1) is 8.42. The van der Waals surface area contributed by atoms with Crippen molar-refractivity contribution in [2.45, 2.75) is 51.1 Å². The molecular weight excluding hydrogens is 224 g/mol. The Morgan fingerprint density at radius 2 is 1.89 bits per heavy atom. The summed E-state index contributed by atoms with van der Waals surface area (Å²) in [6.07, 6.45) is 2.19. The van der Waals surface area contributed by atoms with E-state index in [2.05, 4.69) is 36.5 Å². The van der Waals surface area contributed by atoms with Gasteiger partial charge in [0.2, 0.25) is 5.91 Å².